The molecule has 0 aliphatic heterocycles. The Morgan fingerprint density at radius 2 is 1.95 bits per heavy atom. The van der Waals surface area contributed by atoms with Crippen LogP contribution in [0.25, 0.3) is 0 Å². The Labute approximate surface area is 109 Å². The molecule has 0 fully saturated rings. The van der Waals surface area contributed by atoms with Gasteiger partial charge in [-0.2, -0.15) is 0 Å². The Morgan fingerprint density at radius 1 is 1.26 bits per heavy atom. The number of ether oxygens (including phenoxy) is 1. The van der Waals surface area contributed by atoms with E-state index in [0.29, 0.717) is 18.9 Å². The molecular formula is C13H14N2O4. The second-order valence-electron chi connectivity index (χ2n) is 4.06. The molecule has 100 valence electrons. The average molecular weight is 262 g/mol. The van der Waals surface area contributed by atoms with Crippen molar-refractivity contribution >= 4 is 5.97 Å². The summed E-state index contributed by atoms with van der Waals surface area (Å²) >= 11 is 0. The quantitative estimate of drug-likeness (QED) is 0.871. The summed E-state index contributed by atoms with van der Waals surface area (Å²) in [6.45, 7) is 0.788. The molecule has 19 heavy (non-hydrogen) atoms. The van der Waals surface area contributed by atoms with E-state index in [1.807, 2.05) is 0 Å². The van der Waals surface area contributed by atoms with Gasteiger partial charge in [0.25, 0.3) is 0 Å². The SMILES string of the molecule is Cn1ccn(CCOc2ccc(C(=O)O)cc2)c1=O. The third kappa shape index (κ3) is 3.04. The number of hydrogen-bond acceptors (Lipinski definition) is 3. The zero-order chi connectivity index (χ0) is 13.8. The summed E-state index contributed by atoms with van der Waals surface area (Å²) in [4.78, 5) is 22.2. The molecule has 6 nitrogen and oxygen atoms in total. The molecule has 1 heterocycles. The highest BCUT2D eigenvalue weighted by Crippen LogP contribution is 2.12. The van der Waals surface area contributed by atoms with Gasteiger partial charge in [0.1, 0.15) is 12.4 Å². The van der Waals surface area contributed by atoms with Crippen LogP contribution in [0, 0.1) is 0 Å². The highest BCUT2D eigenvalue weighted by molar-refractivity contribution is 5.87. The fraction of sp³-hybridized carbons (Fsp3) is 0.231. The molecule has 0 amide bonds. The van der Waals surface area contributed by atoms with Gasteiger partial charge >= 0.3 is 11.7 Å². The van der Waals surface area contributed by atoms with Crippen molar-refractivity contribution in [2.24, 2.45) is 7.05 Å². The maximum absolute atomic E-state index is 11.5. The van der Waals surface area contributed by atoms with Crippen molar-refractivity contribution < 1.29 is 14.6 Å². The largest absolute Gasteiger partial charge is 0.492 e. The summed E-state index contributed by atoms with van der Waals surface area (Å²) in [5, 5.41) is 8.75. The maximum atomic E-state index is 11.5. The third-order valence-electron chi connectivity index (χ3n) is 2.72. The zero-order valence-electron chi connectivity index (χ0n) is 10.4. The lowest BCUT2D eigenvalue weighted by Gasteiger charge is -2.06. The molecule has 0 bridgehead atoms. The van der Waals surface area contributed by atoms with Gasteiger partial charge in [-0.3, -0.25) is 4.57 Å². The van der Waals surface area contributed by atoms with Crippen LogP contribution in [0.15, 0.2) is 41.5 Å². The zero-order valence-corrected chi connectivity index (χ0v) is 10.4. The molecule has 1 aromatic heterocycles. The minimum atomic E-state index is -0.970. The van der Waals surface area contributed by atoms with Crippen molar-refractivity contribution in [2.45, 2.75) is 6.54 Å². The summed E-state index contributed by atoms with van der Waals surface area (Å²) in [5.74, 6) is -0.392. The van der Waals surface area contributed by atoms with Crippen molar-refractivity contribution in [2.75, 3.05) is 6.61 Å². The van der Waals surface area contributed by atoms with E-state index in [2.05, 4.69) is 0 Å². The van der Waals surface area contributed by atoms with Gasteiger partial charge in [0.2, 0.25) is 0 Å². The van der Waals surface area contributed by atoms with Gasteiger partial charge in [-0.25, -0.2) is 9.59 Å². The second kappa shape index (κ2) is 5.43. The first-order valence-corrected chi connectivity index (χ1v) is 5.76. The molecule has 1 N–H and O–H groups in total. The number of benzene rings is 1. The predicted octanol–water partition coefficient (Wildman–Crippen LogP) is 0.964. The number of imidazole rings is 1. The molecule has 2 rings (SSSR count). The normalized spacial score (nSPS) is 10.4. The van der Waals surface area contributed by atoms with Crippen molar-refractivity contribution in [3.05, 3.63) is 52.7 Å². The number of hydrogen-bond donors (Lipinski definition) is 1. The molecule has 0 saturated heterocycles. The molecule has 0 radical (unpaired) electrons. The van der Waals surface area contributed by atoms with Gasteiger partial charge < -0.3 is 14.4 Å². The highest BCUT2D eigenvalue weighted by Gasteiger charge is 2.03. The number of aromatic nitrogens is 2. The van der Waals surface area contributed by atoms with Crippen LogP contribution >= 0.6 is 0 Å². The van der Waals surface area contributed by atoms with E-state index in [1.54, 1.807) is 36.1 Å². The lowest BCUT2D eigenvalue weighted by atomic mass is 10.2. The minimum absolute atomic E-state index is 0.0928. The topological polar surface area (TPSA) is 73.5 Å². The third-order valence-corrected chi connectivity index (χ3v) is 2.72. The Morgan fingerprint density at radius 3 is 2.47 bits per heavy atom. The van der Waals surface area contributed by atoms with Gasteiger partial charge in [-0.05, 0) is 24.3 Å². The summed E-state index contributed by atoms with van der Waals surface area (Å²) in [6.07, 6.45) is 3.38. The Bertz CT molecular complexity index is 625. The molecule has 0 atom stereocenters. The number of nitrogens with zero attached hydrogens (tertiary/aromatic N) is 2. The number of carboxylic acid groups (broad SMARTS) is 1. The first kappa shape index (κ1) is 12.9. The summed E-state index contributed by atoms with van der Waals surface area (Å²) < 4.78 is 8.48. The molecule has 0 aliphatic rings. The summed E-state index contributed by atoms with van der Waals surface area (Å²) in [6, 6.07) is 6.15. The highest BCUT2D eigenvalue weighted by atomic mass is 16.5. The van der Waals surface area contributed by atoms with E-state index in [1.165, 1.54) is 16.7 Å². The van der Waals surface area contributed by atoms with Crippen LogP contribution in [0.4, 0.5) is 0 Å². The fourth-order valence-electron chi connectivity index (χ4n) is 1.64. The van der Waals surface area contributed by atoms with Gasteiger partial charge in [0.05, 0.1) is 12.1 Å². The van der Waals surface area contributed by atoms with Crippen LogP contribution in [-0.4, -0.2) is 26.8 Å². The predicted molar refractivity (Wildman–Crippen MR) is 68.6 cm³/mol. The molecule has 0 aliphatic carbocycles. The molecule has 2 aromatic rings. The van der Waals surface area contributed by atoms with Crippen LogP contribution in [0.1, 0.15) is 10.4 Å². The van der Waals surface area contributed by atoms with E-state index >= 15 is 0 Å². The molecule has 0 unspecified atom stereocenters. The average Bonchev–Trinajstić information content (AvgIpc) is 2.71. The van der Waals surface area contributed by atoms with E-state index in [-0.39, 0.29) is 11.3 Å². The first-order valence-electron chi connectivity index (χ1n) is 5.76. The van der Waals surface area contributed by atoms with E-state index in [9.17, 15) is 9.59 Å². The number of aromatic carboxylic acids is 1. The van der Waals surface area contributed by atoms with Crippen molar-refractivity contribution in [3.8, 4) is 5.75 Å². The van der Waals surface area contributed by atoms with Crippen molar-refractivity contribution in [1.29, 1.82) is 0 Å². The van der Waals surface area contributed by atoms with Gasteiger partial charge in [0.15, 0.2) is 0 Å². The smallest absolute Gasteiger partial charge is 0.335 e. The monoisotopic (exact) mass is 262 g/mol. The van der Waals surface area contributed by atoms with E-state index in [4.69, 9.17) is 9.84 Å². The van der Waals surface area contributed by atoms with Crippen molar-refractivity contribution in [1.82, 2.24) is 9.13 Å². The molecule has 1 aromatic carbocycles. The Balaban J connectivity index is 1.91. The molecular weight excluding hydrogens is 248 g/mol. The fourth-order valence-corrected chi connectivity index (χ4v) is 1.64. The first-order chi connectivity index (χ1) is 9.08. The van der Waals surface area contributed by atoms with Crippen LogP contribution in [-0.2, 0) is 13.6 Å². The Kier molecular flexibility index (Phi) is 3.70. The number of carbonyl (C=O) groups is 1. The van der Waals surface area contributed by atoms with Crippen LogP contribution in [0.5, 0.6) is 5.75 Å². The van der Waals surface area contributed by atoms with Gasteiger partial charge in [-0.15, -0.1) is 0 Å². The van der Waals surface area contributed by atoms with Crippen LogP contribution in [0.2, 0.25) is 0 Å². The standard InChI is InChI=1S/C13H14N2O4/c1-14-6-7-15(13(14)18)8-9-19-11-4-2-10(3-5-11)12(16)17/h2-7H,8-9H2,1H3,(H,16,17). The van der Waals surface area contributed by atoms with E-state index < -0.39 is 5.97 Å². The lowest BCUT2D eigenvalue weighted by molar-refractivity contribution is 0.0697. The van der Waals surface area contributed by atoms with E-state index in [0.717, 1.165) is 0 Å². The van der Waals surface area contributed by atoms with Crippen molar-refractivity contribution in [3.63, 3.8) is 0 Å². The number of carboxylic acids is 1. The van der Waals surface area contributed by atoms with Gasteiger partial charge in [-0.1, -0.05) is 0 Å². The molecule has 6 heteroatoms. The summed E-state index contributed by atoms with van der Waals surface area (Å²) in [5.41, 5.74) is 0.122. The summed E-state index contributed by atoms with van der Waals surface area (Å²) in [7, 11) is 1.68. The minimum Gasteiger partial charge on any atom is -0.492 e. The van der Waals surface area contributed by atoms with Crippen LogP contribution < -0.4 is 10.4 Å². The van der Waals surface area contributed by atoms with Gasteiger partial charge in [0, 0.05) is 19.4 Å². The van der Waals surface area contributed by atoms with Crippen LogP contribution in [0.3, 0.4) is 0 Å². The maximum Gasteiger partial charge on any atom is 0.335 e. The second-order valence-corrected chi connectivity index (χ2v) is 4.06. The Hall–Kier alpha value is -2.50. The lowest BCUT2D eigenvalue weighted by Crippen LogP contribution is -2.24. The molecule has 0 spiro atoms. The number of rotatable bonds is 5. The molecule has 0 saturated carbocycles. The number of aryl methyl sites for hydroxylation is 1.